The van der Waals surface area contributed by atoms with Crippen molar-refractivity contribution in [2.45, 2.75) is 19.4 Å². The highest BCUT2D eigenvalue weighted by atomic mass is 32.2. The molecule has 0 aromatic heterocycles. The number of aliphatic carboxylic acids is 1. The molecule has 2 rings (SSSR count). The van der Waals surface area contributed by atoms with Crippen molar-refractivity contribution >= 4 is 16.2 Å². The molecule has 0 radical (unpaired) electrons. The van der Waals surface area contributed by atoms with Crippen molar-refractivity contribution in [3.63, 3.8) is 0 Å². The number of nitrogens with zero attached hydrogens (tertiary/aromatic N) is 1. The molecule has 1 aromatic carbocycles. The summed E-state index contributed by atoms with van der Waals surface area (Å²) in [5, 5.41) is 8.97. The van der Waals surface area contributed by atoms with Crippen molar-refractivity contribution in [2.24, 2.45) is 5.92 Å². The van der Waals surface area contributed by atoms with E-state index in [0.717, 1.165) is 4.31 Å². The minimum absolute atomic E-state index is 0.0536. The van der Waals surface area contributed by atoms with E-state index in [1.807, 2.05) is 0 Å². The van der Waals surface area contributed by atoms with Crippen molar-refractivity contribution in [3.8, 4) is 0 Å². The fourth-order valence-electron chi connectivity index (χ4n) is 2.26. The Hall–Kier alpha value is -1.51. The molecule has 0 amide bonds. The molecule has 1 unspecified atom stereocenters. The fraction of sp³-hybridized carbons (Fsp3) is 0.462. The molecule has 1 fully saturated rings. The zero-order valence-corrected chi connectivity index (χ0v) is 12.1. The van der Waals surface area contributed by atoms with Gasteiger partial charge in [0, 0.05) is 25.2 Å². The first-order chi connectivity index (χ1) is 9.90. The van der Waals surface area contributed by atoms with Crippen LogP contribution >= 0.6 is 0 Å². The van der Waals surface area contributed by atoms with Crippen LogP contribution in [0.15, 0.2) is 24.3 Å². The lowest BCUT2D eigenvalue weighted by Crippen LogP contribution is -2.47. The van der Waals surface area contributed by atoms with Gasteiger partial charge in [-0.1, -0.05) is 18.2 Å². The Bertz CT molecular complexity index is 620. The Morgan fingerprint density at radius 3 is 2.81 bits per heavy atom. The summed E-state index contributed by atoms with van der Waals surface area (Å²) in [6.45, 7) is 0.0571. The van der Waals surface area contributed by atoms with E-state index in [-0.39, 0.29) is 25.2 Å². The van der Waals surface area contributed by atoms with Gasteiger partial charge < -0.3 is 5.11 Å². The van der Waals surface area contributed by atoms with Crippen LogP contribution in [-0.4, -0.2) is 36.9 Å². The number of carboxylic acids is 1. The van der Waals surface area contributed by atoms with E-state index >= 15 is 0 Å². The SMILES string of the molecule is O=C(O)C1CCCN(S(=O)(=O)NCc2ccccc2F)C1. The Morgan fingerprint density at radius 1 is 1.43 bits per heavy atom. The molecule has 0 spiro atoms. The van der Waals surface area contributed by atoms with Crippen molar-refractivity contribution in [2.75, 3.05) is 13.1 Å². The smallest absolute Gasteiger partial charge is 0.307 e. The van der Waals surface area contributed by atoms with E-state index in [2.05, 4.69) is 4.72 Å². The quantitative estimate of drug-likeness (QED) is 0.847. The Kier molecular flexibility index (Phi) is 4.92. The van der Waals surface area contributed by atoms with Crippen LogP contribution < -0.4 is 4.72 Å². The lowest BCUT2D eigenvalue weighted by molar-refractivity contribution is -0.142. The first-order valence-electron chi connectivity index (χ1n) is 6.61. The third-order valence-electron chi connectivity index (χ3n) is 3.48. The van der Waals surface area contributed by atoms with Gasteiger partial charge in [-0.25, -0.2) is 4.39 Å². The van der Waals surface area contributed by atoms with Crippen LogP contribution in [-0.2, 0) is 21.5 Å². The molecule has 0 saturated carbocycles. The van der Waals surface area contributed by atoms with Gasteiger partial charge >= 0.3 is 5.97 Å². The van der Waals surface area contributed by atoms with E-state index in [0.29, 0.717) is 12.8 Å². The van der Waals surface area contributed by atoms with Gasteiger partial charge in [0.25, 0.3) is 10.2 Å². The van der Waals surface area contributed by atoms with Crippen LogP contribution in [0.25, 0.3) is 0 Å². The van der Waals surface area contributed by atoms with Crippen LogP contribution in [0.1, 0.15) is 18.4 Å². The summed E-state index contributed by atoms with van der Waals surface area (Å²) >= 11 is 0. The molecule has 116 valence electrons. The Labute approximate surface area is 122 Å². The highest BCUT2D eigenvalue weighted by Gasteiger charge is 2.32. The molecule has 1 saturated heterocycles. The second-order valence-electron chi connectivity index (χ2n) is 4.95. The molecule has 1 heterocycles. The molecule has 0 bridgehead atoms. The Morgan fingerprint density at radius 2 is 2.14 bits per heavy atom. The number of piperidine rings is 1. The van der Waals surface area contributed by atoms with Crippen molar-refractivity contribution < 1.29 is 22.7 Å². The first-order valence-corrected chi connectivity index (χ1v) is 8.05. The maximum Gasteiger partial charge on any atom is 0.307 e. The normalized spacial score (nSPS) is 20.3. The summed E-state index contributed by atoms with van der Waals surface area (Å²) < 4.78 is 41.1. The number of nitrogens with one attached hydrogen (secondary N) is 1. The van der Waals surface area contributed by atoms with Crippen molar-refractivity contribution in [3.05, 3.63) is 35.6 Å². The van der Waals surface area contributed by atoms with Gasteiger partial charge in [-0.2, -0.15) is 17.4 Å². The van der Waals surface area contributed by atoms with Crippen LogP contribution in [0.5, 0.6) is 0 Å². The van der Waals surface area contributed by atoms with Crippen molar-refractivity contribution in [1.82, 2.24) is 9.03 Å². The largest absolute Gasteiger partial charge is 0.481 e. The second-order valence-corrected chi connectivity index (χ2v) is 6.71. The van der Waals surface area contributed by atoms with Gasteiger partial charge in [-0.3, -0.25) is 4.79 Å². The molecular weight excluding hydrogens is 299 g/mol. The number of carboxylic acid groups (broad SMARTS) is 1. The van der Waals surface area contributed by atoms with Gasteiger partial charge in [0.05, 0.1) is 5.92 Å². The number of hydrogen-bond donors (Lipinski definition) is 2. The van der Waals surface area contributed by atoms with Gasteiger partial charge in [0.15, 0.2) is 0 Å². The monoisotopic (exact) mass is 316 g/mol. The lowest BCUT2D eigenvalue weighted by Gasteiger charge is -2.29. The summed E-state index contributed by atoms with van der Waals surface area (Å²) in [7, 11) is -3.81. The first kappa shape index (κ1) is 15.9. The summed E-state index contributed by atoms with van der Waals surface area (Å²) in [5.41, 5.74) is 0.243. The predicted octanol–water partition coefficient (Wildman–Crippen LogP) is 0.957. The predicted molar refractivity (Wildman–Crippen MR) is 74.1 cm³/mol. The molecule has 1 aliphatic rings. The maximum atomic E-state index is 13.4. The molecule has 2 N–H and O–H groups in total. The molecule has 6 nitrogen and oxygen atoms in total. The maximum absolute atomic E-state index is 13.4. The molecule has 1 aromatic rings. The molecule has 21 heavy (non-hydrogen) atoms. The van der Waals surface area contributed by atoms with Crippen LogP contribution in [0.3, 0.4) is 0 Å². The van der Waals surface area contributed by atoms with Crippen LogP contribution in [0, 0.1) is 11.7 Å². The molecular formula is C13H17FN2O4S. The van der Waals surface area contributed by atoms with E-state index in [4.69, 9.17) is 5.11 Å². The number of benzene rings is 1. The summed E-state index contributed by atoms with van der Waals surface area (Å²) in [4.78, 5) is 11.0. The minimum Gasteiger partial charge on any atom is -0.481 e. The minimum atomic E-state index is -3.81. The number of halogens is 1. The number of hydrogen-bond acceptors (Lipinski definition) is 3. The lowest BCUT2D eigenvalue weighted by atomic mass is 10.0. The van der Waals surface area contributed by atoms with E-state index in [1.54, 1.807) is 6.07 Å². The fourth-order valence-corrected chi connectivity index (χ4v) is 3.53. The Balaban J connectivity index is 2.01. The molecule has 1 atom stereocenters. The van der Waals surface area contributed by atoms with E-state index in [1.165, 1.54) is 18.2 Å². The average molecular weight is 316 g/mol. The third kappa shape index (κ3) is 3.99. The van der Waals surface area contributed by atoms with Crippen LogP contribution in [0.2, 0.25) is 0 Å². The second kappa shape index (κ2) is 6.50. The molecule has 1 aliphatic heterocycles. The van der Waals surface area contributed by atoms with E-state index in [9.17, 15) is 17.6 Å². The van der Waals surface area contributed by atoms with Gasteiger partial charge in [0.2, 0.25) is 0 Å². The van der Waals surface area contributed by atoms with Gasteiger partial charge in [0.1, 0.15) is 5.82 Å². The number of carbonyl (C=O) groups is 1. The zero-order chi connectivity index (χ0) is 15.5. The number of rotatable bonds is 5. The standard InChI is InChI=1S/C13H17FN2O4S/c14-12-6-2-1-4-10(12)8-15-21(19,20)16-7-3-5-11(9-16)13(17)18/h1-2,4,6,11,15H,3,5,7-9H2,(H,17,18). The average Bonchev–Trinajstić information content (AvgIpc) is 2.46. The molecule has 8 heteroatoms. The topological polar surface area (TPSA) is 86.7 Å². The zero-order valence-electron chi connectivity index (χ0n) is 11.3. The van der Waals surface area contributed by atoms with Crippen molar-refractivity contribution in [1.29, 1.82) is 0 Å². The van der Waals surface area contributed by atoms with E-state index < -0.39 is 27.9 Å². The highest BCUT2D eigenvalue weighted by molar-refractivity contribution is 7.87. The summed E-state index contributed by atoms with van der Waals surface area (Å²) in [6.07, 6.45) is 0.965. The van der Waals surface area contributed by atoms with Gasteiger partial charge in [-0.05, 0) is 18.9 Å². The third-order valence-corrected chi connectivity index (χ3v) is 5.00. The van der Waals surface area contributed by atoms with Gasteiger partial charge in [-0.15, -0.1) is 0 Å². The molecule has 0 aliphatic carbocycles. The summed E-state index contributed by atoms with van der Waals surface area (Å²) in [6, 6.07) is 5.89. The summed E-state index contributed by atoms with van der Waals surface area (Å²) in [5.74, 6) is -2.17. The highest BCUT2D eigenvalue weighted by Crippen LogP contribution is 2.19. The van der Waals surface area contributed by atoms with Crippen LogP contribution in [0.4, 0.5) is 4.39 Å².